The van der Waals surface area contributed by atoms with Gasteiger partial charge in [0.25, 0.3) is 0 Å². The lowest BCUT2D eigenvalue weighted by Crippen LogP contribution is -2.66. The molecule has 0 aromatic carbocycles. The largest absolute Gasteiger partial charge is 0.472 e. The molecule has 1 saturated carbocycles. The van der Waals surface area contributed by atoms with Crippen molar-refractivity contribution in [1.82, 2.24) is 0 Å². The third-order valence-electron chi connectivity index (χ3n) is 7.12. The van der Waals surface area contributed by atoms with Crippen molar-refractivity contribution in [2.45, 2.75) is 44.3 Å². The molecule has 7 heteroatoms. The van der Waals surface area contributed by atoms with Crippen molar-refractivity contribution < 1.29 is 33.4 Å². The van der Waals surface area contributed by atoms with Crippen LogP contribution >= 0.6 is 0 Å². The molecular formula is C20H20O7. The van der Waals surface area contributed by atoms with Crippen molar-refractivity contribution in [1.29, 1.82) is 0 Å². The predicted molar refractivity (Wildman–Crippen MR) is 89.0 cm³/mol. The number of allylic oxidation sites excluding steroid dienone is 1. The van der Waals surface area contributed by atoms with Crippen LogP contribution in [0.4, 0.5) is 0 Å². The van der Waals surface area contributed by atoms with Crippen LogP contribution in [0.25, 0.3) is 0 Å². The van der Waals surface area contributed by atoms with Crippen molar-refractivity contribution in [3.63, 3.8) is 0 Å². The minimum atomic E-state index is -1.57. The summed E-state index contributed by atoms with van der Waals surface area (Å²) in [5, 5.41) is 11.3. The molecule has 5 unspecified atom stereocenters. The molecule has 0 radical (unpaired) electrons. The fourth-order valence-corrected chi connectivity index (χ4v) is 5.83. The molecule has 0 amide bonds. The smallest absolute Gasteiger partial charge is 0.334 e. The topological polar surface area (TPSA) is 103 Å². The third-order valence-corrected chi connectivity index (χ3v) is 7.12. The van der Waals surface area contributed by atoms with Crippen molar-refractivity contribution in [2.24, 2.45) is 16.7 Å². The van der Waals surface area contributed by atoms with E-state index in [1.165, 1.54) is 19.5 Å². The molecule has 3 heterocycles. The molecule has 27 heavy (non-hydrogen) atoms. The molecule has 2 aliphatic heterocycles. The molecule has 2 aliphatic carbocycles. The Morgan fingerprint density at radius 1 is 1.26 bits per heavy atom. The Morgan fingerprint density at radius 2 is 2.07 bits per heavy atom. The zero-order valence-electron chi connectivity index (χ0n) is 14.9. The molecular weight excluding hydrogens is 352 g/mol. The summed E-state index contributed by atoms with van der Waals surface area (Å²) in [7, 11) is 0. The van der Waals surface area contributed by atoms with Crippen LogP contribution in [0.3, 0.4) is 0 Å². The van der Waals surface area contributed by atoms with E-state index < -0.39 is 40.4 Å². The molecule has 0 bridgehead atoms. The molecule has 1 N–H and O–H groups in total. The quantitative estimate of drug-likeness (QED) is 0.751. The van der Waals surface area contributed by atoms with E-state index in [9.17, 15) is 19.5 Å². The maximum absolute atomic E-state index is 13.2. The summed E-state index contributed by atoms with van der Waals surface area (Å²) in [4.78, 5) is 38.6. The molecule has 1 aromatic heterocycles. The van der Waals surface area contributed by atoms with Crippen molar-refractivity contribution in [3.05, 3.63) is 35.8 Å². The number of carbonyl (C=O) groups is 3. The minimum absolute atomic E-state index is 0.0668. The Kier molecular flexibility index (Phi) is 3.16. The fourth-order valence-electron chi connectivity index (χ4n) is 5.83. The van der Waals surface area contributed by atoms with Gasteiger partial charge in [0, 0.05) is 18.4 Å². The van der Waals surface area contributed by atoms with Gasteiger partial charge in [0.1, 0.15) is 23.9 Å². The van der Waals surface area contributed by atoms with Crippen LogP contribution in [0.2, 0.25) is 0 Å². The van der Waals surface area contributed by atoms with Gasteiger partial charge < -0.3 is 19.0 Å². The van der Waals surface area contributed by atoms with Crippen molar-refractivity contribution >= 4 is 17.7 Å². The fraction of sp³-hybridized carbons (Fsp3) is 0.550. The SMILES string of the molecule is CC1(O)CC(=O)C23COC(=O)C2=CCCC3C12CC(c1ccoc1)OC2=O. The molecule has 2 spiro atoms. The molecule has 5 atom stereocenters. The number of hydrogen-bond acceptors (Lipinski definition) is 7. The van der Waals surface area contributed by atoms with E-state index in [0.717, 1.165) is 0 Å². The normalized spacial score (nSPS) is 43.2. The van der Waals surface area contributed by atoms with Crippen LogP contribution < -0.4 is 0 Å². The third kappa shape index (κ3) is 1.83. The number of Topliss-reactive ketones (excluding diaryl/α,β-unsaturated/α-hetero) is 1. The number of cyclic esters (lactones) is 2. The lowest BCUT2D eigenvalue weighted by molar-refractivity contribution is -0.193. The summed E-state index contributed by atoms with van der Waals surface area (Å²) >= 11 is 0. The van der Waals surface area contributed by atoms with Gasteiger partial charge >= 0.3 is 11.9 Å². The van der Waals surface area contributed by atoms with Gasteiger partial charge in [-0.3, -0.25) is 9.59 Å². The monoisotopic (exact) mass is 372 g/mol. The summed E-state index contributed by atoms with van der Waals surface area (Å²) in [5.41, 5.74) is -2.95. The van der Waals surface area contributed by atoms with E-state index in [4.69, 9.17) is 13.9 Å². The number of esters is 2. The predicted octanol–water partition coefficient (Wildman–Crippen LogP) is 1.86. The van der Waals surface area contributed by atoms with E-state index in [1.54, 1.807) is 12.1 Å². The minimum Gasteiger partial charge on any atom is -0.472 e. The van der Waals surface area contributed by atoms with Crippen LogP contribution in [-0.4, -0.2) is 35.0 Å². The summed E-state index contributed by atoms with van der Waals surface area (Å²) in [5.74, 6) is -1.80. The van der Waals surface area contributed by atoms with Crippen LogP contribution in [0.5, 0.6) is 0 Å². The number of aliphatic hydroxyl groups is 1. The second-order valence-corrected chi connectivity index (χ2v) is 8.30. The van der Waals surface area contributed by atoms with Gasteiger partial charge in [-0.2, -0.15) is 0 Å². The molecule has 2 saturated heterocycles. The van der Waals surface area contributed by atoms with Gasteiger partial charge in [0.05, 0.1) is 29.1 Å². The zero-order chi connectivity index (χ0) is 19.0. The number of hydrogen-bond donors (Lipinski definition) is 1. The van der Waals surface area contributed by atoms with Gasteiger partial charge in [0.2, 0.25) is 0 Å². The number of ether oxygens (including phenoxy) is 2. The van der Waals surface area contributed by atoms with E-state index in [-0.39, 0.29) is 25.2 Å². The number of ketones is 1. The van der Waals surface area contributed by atoms with Crippen LogP contribution in [0.1, 0.15) is 44.3 Å². The molecule has 5 rings (SSSR count). The van der Waals surface area contributed by atoms with Gasteiger partial charge in [-0.1, -0.05) is 6.08 Å². The summed E-state index contributed by atoms with van der Waals surface area (Å²) in [6.07, 6.45) is 5.30. The Hall–Kier alpha value is -2.41. The lowest BCUT2D eigenvalue weighted by atomic mass is 9.44. The Balaban J connectivity index is 1.67. The Morgan fingerprint density at radius 3 is 2.81 bits per heavy atom. The summed E-state index contributed by atoms with van der Waals surface area (Å²) in [6.45, 7) is 1.47. The number of fused-ring (bicyclic) bond motifs is 1. The van der Waals surface area contributed by atoms with Gasteiger partial charge in [-0.05, 0) is 31.7 Å². The standard InChI is InChI=1S/C20H20O7/c1-18(24)8-15(21)19-10-26-16(22)12(19)3-2-4-14(19)20(18)7-13(27-17(20)23)11-5-6-25-9-11/h3,5-6,9,13-14,24H,2,4,7-8,10H2,1H3. The maximum atomic E-state index is 13.2. The first-order valence-electron chi connectivity index (χ1n) is 9.19. The van der Waals surface area contributed by atoms with Gasteiger partial charge in [-0.15, -0.1) is 0 Å². The summed E-state index contributed by atoms with van der Waals surface area (Å²) in [6, 6.07) is 1.73. The Bertz CT molecular complexity index is 880. The maximum Gasteiger partial charge on any atom is 0.334 e. The Labute approximate surface area is 155 Å². The molecule has 1 aromatic rings. The molecule has 142 valence electrons. The number of furan rings is 1. The highest BCUT2D eigenvalue weighted by molar-refractivity contribution is 6.06. The summed E-state index contributed by atoms with van der Waals surface area (Å²) < 4.78 is 16.0. The molecule has 3 fully saturated rings. The molecule has 4 aliphatic rings. The lowest BCUT2D eigenvalue weighted by Gasteiger charge is -2.56. The van der Waals surface area contributed by atoms with Crippen LogP contribution in [-0.2, 0) is 23.9 Å². The van der Waals surface area contributed by atoms with E-state index in [2.05, 4.69) is 0 Å². The highest BCUT2D eigenvalue weighted by Gasteiger charge is 2.75. The van der Waals surface area contributed by atoms with Crippen LogP contribution in [0.15, 0.2) is 34.7 Å². The first-order valence-corrected chi connectivity index (χ1v) is 9.19. The second-order valence-electron chi connectivity index (χ2n) is 8.30. The molecule has 7 nitrogen and oxygen atoms in total. The first kappa shape index (κ1) is 16.7. The van der Waals surface area contributed by atoms with E-state index in [0.29, 0.717) is 24.0 Å². The average molecular weight is 372 g/mol. The highest BCUT2D eigenvalue weighted by atomic mass is 16.6. The first-order chi connectivity index (χ1) is 12.8. The van der Waals surface area contributed by atoms with Crippen molar-refractivity contribution in [3.8, 4) is 0 Å². The van der Waals surface area contributed by atoms with Gasteiger partial charge in [0.15, 0.2) is 0 Å². The van der Waals surface area contributed by atoms with E-state index in [1.807, 2.05) is 0 Å². The van der Waals surface area contributed by atoms with Crippen molar-refractivity contribution in [2.75, 3.05) is 6.61 Å². The number of carbonyl (C=O) groups excluding carboxylic acids is 3. The zero-order valence-corrected chi connectivity index (χ0v) is 14.9. The van der Waals surface area contributed by atoms with Gasteiger partial charge in [-0.25, -0.2) is 4.79 Å². The van der Waals surface area contributed by atoms with Crippen LogP contribution in [0, 0.1) is 16.7 Å². The van der Waals surface area contributed by atoms with E-state index >= 15 is 0 Å². The number of rotatable bonds is 1. The second kappa shape index (κ2) is 5.10. The average Bonchev–Trinajstić information content (AvgIpc) is 3.32. The highest BCUT2D eigenvalue weighted by Crippen LogP contribution is 2.67.